The molecule has 2 aromatic rings. The van der Waals surface area contributed by atoms with Crippen molar-refractivity contribution in [2.75, 3.05) is 6.61 Å². The minimum Gasteiger partial charge on any atom is -0.447 e. The summed E-state index contributed by atoms with van der Waals surface area (Å²) in [6.45, 7) is 6.19. The van der Waals surface area contributed by atoms with Crippen LogP contribution < -0.4 is 0 Å². The van der Waals surface area contributed by atoms with E-state index in [1.54, 1.807) is 11.8 Å². The van der Waals surface area contributed by atoms with E-state index in [4.69, 9.17) is 4.74 Å². The van der Waals surface area contributed by atoms with Crippen molar-refractivity contribution in [3.05, 3.63) is 66.2 Å². The van der Waals surface area contributed by atoms with Crippen molar-refractivity contribution in [3.8, 4) is 0 Å². The number of carbonyl (C=O) groups is 2. The smallest absolute Gasteiger partial charge is 0.416 e. The summed E-state index contributed by atoms with van der Waals surface area (Å²) in [5.41, 5.74) is 1.07. The number of carbonyl (C=O) groups excluding carboxylic acids is 2. The number of benzene rings is 2. The van der Waals surface area contributed by atoms with Gasteiger partial charge < -0.3 is 4.74 Å². The fourth-order valence-corrected chi connectivity index (χ4v) is 4.50. The van der Waals surface area contributed by atoms with Crippen LogP contribution in [0.1, 0.15) is 31.6 Å². The van der Waals surface area contributed by atoms with Gasteiger partial charge in [0.25, 0.3) is 0 Å². The fraction of sp³-hybridized carbons (Fsp3) is 0.364. The molecule has 1 saturated heterocycles. The van der Waals surface area contributed by atoms with Crippen LogP contribution in [0.25, 0.3) is 0 Å². The molecule has 0 aliphatic carbocycles. The third-order valence-corrected chi connectivity index (χ3v) is 6.37. The van der Waals surface area contributed by atoms with E-state index in [0.29, 0.717) is 0 Å². The molecule has 5 heteroatoms. The standard InChI is InChI=1S/C22H25NO3S/c1-15(2)19-14-26-22(25)23(19)21(24)16(3)20(17-10-6-4-7-11-17)27-18-12-8-5-9-13-18/h4-13,15-16,19-20H,14H2,1-3H3/t16-,19+,20-/m0/s1. The lowest BCUT2D eigenvalue weighted by molar-refractivity contribution is -0.133. The van der Waals surface area contributed by atoms with Gasteiger partial charge in [-0.25, -0.2) is 9.69 Å². The third-order valence-electron chi connectivity index (χ3n) is 4.89. The summed E-state index contributed by atoms with van der Waals surface area (Å²) in [7, 11) is 0. The molecule has 0 radical (unpaired) electrons. The number of thioether (sulfide) groups is 1. The predicted octanol–water partition coefficient (Wildman–Crippen LogP) is 5.16. The van der Waals surface area contributed by atoms with Crippen LogP contribution in [0.2, 0.25) is 0 Å². The van der Waals surface area contributed by atoms with Crippen LogP contribution in [0.15, 0.2) is 65.6 Å². The van der Waals surface area contributed by atoms with Crippen LogP contribution in [0.5, 0.6) is 0 Å². The molecule has 27 heavy (non-hydrogen) atoms. The molecule has 0 aromatic heterocycles. The number of nitrogens with zero attached hydrogens (tertiary/aromatic N) is 1. The number of ether oxygens (including phenoxy) is 1. The van der Waals surface area contributed by atoms with Crippen molar-refractivity contribution in [3.63, 3.8) is 0 Å². The number of rotatable bonds is 6. The zero-order chi connectivity index (χ0) is 19.4. The van der Waals surface area contributed by atoms with Crippen LogP contribution >= 0.6 is 11.8 Å². The lowest BCUT2D eigenvalue weighted by Crippen LogP contribution is -2.45. The lowest BCUT2D eigenvalue weighted by atomic mass is 9.97. The Balaban J connectivity index is 1.89. The van der Waals surface area contributed by atoms with Crippen LogP contribution in [0.3, 0.4) is 0 Å². The van der Waals surface area contributed by atoms with Crippen molar-refractivity contribution in [1.82, 2.24) is 4.90 Å². The molecule has 1 aliphatic heterocycles. The quantitative estimate of drug-likeness (QED) is 0.647. The van der Waals surface area contributed by atoms with Gasteiger partial charge in [-0.2, -0.15) is 0 Å². The molecule has 4 nitrogen and oxygen atoms in total. The average Bonchev–Trinajstić information content (AvgIpc) is 3.08. The van der Waals surface area contributed by atoms with E-state index in [1.807, 2.05) is 81.4 Å². The first kappa shape index (κ1) is 19.5. The Morgan fingerprint density at radius 3 is 2.22 bits per heavy atom. The van der Waals surface area contributed by atoms with Crippen LogP contribution in [0, 0.1) is 11.8 Å². The van der Waals surface area contributed by atoms with Gasteiger partial charge in [-0.05, 0) is 23.6 Å². The summed E-state index contributed by atoms with van der Waals surface area (Å²) >= 11 is 1.65. The molecule has 3 atom stereocenters. The van der Waals surface area contributed by atoms with Gasteiger partial charge >= 0.3 is 6.09 Å². The largest absolute Gasteiger partial charge is 0.447 e. The van der Waals surface area contributed by atoms with E-state index >= 15 is 0 Å². The van der Waals surface area contributed by atoms with Gasteiger partial charge in [0, 0.05) is 10.1 Å². The van der Waals surface area contributed by atoms with E-state index in [2.05, 4.69) is 0 Å². The molecule has 1 fully saturated rings. The maximum absolute atomic E-state index is 13.3. The molecule has 0 saturated carbocycles. The summed E-state index contributed by atoms with van der Waals surface area (Å²) < 4.78 is 5.17. The highest BCUT2D eigenvalue weighted by Crippen LogP contribution is 2.42. The third kappa shape index (κ3) is 4.35. The Kier molecular flexibility index (Phi) is 6.22. The van der Waals surface area contributed by atoms with Crippen LogP contribution in [0.4, 0.5) is 4.79 Å². The van der Waals surface area contributed by atoms with E-state index < -0.39 is 6.09 Å². The molecule has 1 heterocycles. The maximum Gasteiger partial charge on any atom is 0.416 e. The molecule has 0 N–H and O–H groups in total. The first-order valence-corrected chi connectivity index (χ1v) is 10.1. The number of hydrogen-bond acceptors (Lipinski definition) is 4. The van der Waals surface area contributed by atoms with Gasteiger partial charge in [0.05, 0.1) is 12.0 Å². The highest BCUT2D eigenvalue weighted by atomic mass is 32.2. The second kappa shape index (κ2) is 8.61. The predicted molar refractivity (Wildman–Crippen MR) is 107 cm³/mol. The van der Waals surface area contributed by atoms with Crippen LogP contribution in [-0.2, 0) is 9.53 Å². The van der Waals surface area contributed by atoms with Crippen molar-refractivity contribution in [2.45, 2.75) is 37.0 Å². The Hall–Kier alpha value is -2.27. The highest BCUT2D eigenvalue weighted by Gasteiger charge is 2.43. The summed E-state index contributed by atoms with van der Waals surface area (Å²) in [4.78, 5) is 27.9. The van der Waals surface area contributed by atoms with Crippen LogP contribution in [-0.4, -0.2) is 29.5 Å². The van der Waals surface area contributed by atoms with E-state index in [0.717, 1.165) is 10.5 Å². The average molecular weight is 384 g/mol. The molecule has 0 bridgehead atoms. The fourth-order valence-electron chi connectivity index (χ4n) is 3.28. The second-order valence-corrected chi connectivity index (χ2v) is 8.36. The molecule has 142 valence electrons. The van der Waals surface area contributed by atoms with Gasteiger partial charge in [-0.3, -0.25) is 4.79 Å². The van der Waals surface area contributed by atoms with Gasteiger partial charge in [0.15, 0.2) is 0 Å². The topological polar surface area (TPSA) is 46.6 Å². The maximum atomic E-state index is 13.3. The number of amides is 2. The van der Waals surface area contributed by atoms with Crippen molar-refractivity contribution >= 4 is 23.8 Å². The molecular formula is C22H25NO3S. The SMILES string of the molecule is CC(C)[C@H]1COC(=O)N1C(=O)[C@@H](C)[C@H](Sc1ccccc1)c1ccccc1. The summed E-state index contributed by atoms with van der Waals surface area (Å²) in [5, 5.41) is -0.0951. The van der Waals surface area contributed by atoms with Crippen molar-refractivity contribution < 1.29 is 14.3 Å². The molecule has 0 spiro atoms. The lowest BCUT2D eigenvalue weighted by Gasteiger charge is -2.29. The number of cyclic esters (lactones) is 1. The minimum absolute atomic E-state index is 0.0951. The number of hydrogen-bond donors (Lipinski definition) is 0. The first-order valence-electron chi connectivity index (χ1n) is 9.25. The minimum atomic E-state index is -0.526. The zero-order valence-corrected chi connectivity index (χ0v) is 16.7. The molecule has 2 amide bonds. The van der Waals surface area contributed by atoms with Crippen molar-refractivity contribution in [2.24, 2.45) is 11.8 Å². The summed E-state index contributed by atoms with van der Waals surface area (Å²) in [5.74, 6) is -0.387. The second-order valence-electron chi connectivity index (χ2n) is 7.15. The zero-order valence-electron chi connectivity index (χ0n) is 15.9. The van der Waals surface area contributed by atoms with Gasteiger partial charge in [0.2, 0.25) is 5.91 Å². The molecule has 3 rings (SSSR count). The normalized spacial score (nSPS) is 19.0. The molecule has 1 aliphatic rings. The Bertz CT molecular complexity index is 779. The van der Waals surface area contributed by atoms with Gasteiger partial charge in [-0.1, -0.05) is 69.3 Å². The Morgan fingerprint density at radius 2 is 1.63 bits per heavy atom. The number of imide groups is 1. The van der Waals surface area contributed by atoms with Gasteiger partial charge in [-0.15, -0.1) is 11.8 Å². The summed E-state index contributed by atoms with van der Waals surface area (Å²) in [6, 6.07) is 19.8. The van der Waals surface area contributed by atoms with Crippen molar-refractivity contribution in [1.29, 1.82) is 0 Å². The van der Waals surface area contributed by atoms with E-state index in [-0.39, 0.29) is 35.6 Å². The monoisotopic (exact) mass is 383 g/mol. The Labute approximate surface area is 164 Å². The van der Waals surface area contributed by atoms with E-state index in [1.165, 1.54) is 4.90 Å². The first-order chi connectivity index (χ1) is 13.0. The molecular weight excluding hydrogens is 358 g/mol. The molecule has 0 unspecified atom stereocenters. The highest BCUT2D eigenvalue weighted by molar-refractivity contribution is 7.99. The Morgan fingerprint density at radius 1 is 1.04 bits per heavy atom. The van der Waals surface area contributed by atoms with E-state index in [9.17, 15) is 9.59 Å². The molecule has 2 aromatic carbocycles. The summed E-state index contributed by atoms with van der Waals surface area (Å²) in [6.07, 6.45) is -0.526. The van der Waals surface area contributed by atoms with Gasteiger partial charge in [0.1, 0.15) is 6.61 Å².